The van der Waals surface area contributed by atoms with Crippen molar-refractivity contribution in [3.63, 3.8) is 0 Å². The number of aryl methyl sites for hydroxylation is 1. The van der Waals surface area contributed by atoms with Gasteiger partial charge in [-0.2, -0.15) is 0 Å². The molecule has 2 nitrogen and oxygen atoms in total. The molecule has 0 heterocycles. The van der Waals surface area contributed by atoms with Gasteiger partial charge in [0.25, 0.3) is 5.91 Å². The van der Waals surface area contributed by atoms with Gasteiger partial charge in [0.15, 0.2) is 0 Å². The molecule has 2 aromatic carbocycles. The summed E-state index contributed by atoms with van der Waals surface area (Å²) in [5.41, 5.74) is 0.368. The van der Waals surface area contributed by atoms with E-state index in [1.54, 1.807) is 6.92 Å². The van der Waals surface area contributed by atoms with E-state index in [1.807, 2.05) is 0 Å². The fourth-order valence-corrected chi connectivity index (χ4v) is 1.99. The Labute approximate surface area is 121 Å². The molecule has 0 unspecified atom stereocenters. The Balaban J connectivity index is 2.32. The quantitative estimate of drug-likeness (QED) is 0.858. The molecule has 0 spiro atoms. The molecule has 0 aliphatic heterocycles. The second-order valence-corrected chi connectivity index (χ2v) is 5.01. The highest BCUT2D eigenvalue weighted by molar-refractivity contribution is 9.10. The number of nitrogens with one attached hydrogen (secondary N) is 1. The van der Waals surface area contributed by atoms with E-state index in [2.05, 4.69) is 21.2 Å². The van der Waals surface area contributed by atoms with Crippen molar-refractivity contribution in [2.45, 2.75) is 6.92 Å². The average molecular weight is 344 g/mol. The van der Waals surface area contributed by atoms with E-state index in [0.29, 0.717) is 11.3 Å². The fourth-order valence-electron chi connectivity index (χ4n) is 1.64. The molecular formula is C14H9BrF3NO. The predicted molar refractivity (Wildman–Crippen MR) is 73.1 cm³/mol. The minimum atomic E-state index is -0.831. The number of hydrogen-bond donors (Lipinski definition) is 1. The minimum Gasteiger partial charge on any atom is -0.322 e. The molecule has 104 valence electrons. The lowest BCUT2D eigenvalue weighted by atomic mass is 10.1. The fraction of sp³-hybridized carbons (Fsp3) is 0.0714. The van der Waals surface area contributed by atoms with Gasteiger partial charge in [0.2, 0.25) is 0 Å². The van der Waals surface area contributed by atoms with Crippen molar-refractivity contribution in [1.82, 2.24) is 0 Å². The largest absolute Gasteiger partial charge is 0.322 e. The van der Waals surface area contributed by atoms with Gasteiger partial charge < -0.3 is 5.32 Å². The number of hydrogen-bond acceptors (Lipinski definition) is 1. The SMILES string of the molecule is Cc1cc(F)c(Br)cc1NC(=O)c1cc(F)ccc1F. The maximum Gasteiger partial charge on any atom is 0.258 e. The zero-order valence-electron chi connectivity index (χ0n) is 10.3. The Bertz CT molecular complexity index is 688. The number of carbonyl (C=O) groups is 1. The summed E-state index contributed by atoms with van der Waals surface area (Å²) in [5.74, 6) is -2.82. The van der Waals surface area contributed by atoms with E-state index in [9.17, 15) is 18.0 Å². The summed E-state index contributed by atoms with van der Waals surface area (Å²) in [7, 11) is 0. The molecule has 0 aliphatic rings. The highest BCUT2D eigenvalue weighted by Gasteiger charge is 2.15. The third kappa shape index (κ3) is 3.01. The van der Waals surface area contributed by atoms with Crippen molar-refractivity contribution < 1.29 is 18.0 Å². The van der Waals surface area contributed by atoms with Crippen LogP contribution < -0.4 is 5.32 Å². The van der Waals surface area contributed by atoms with Gasteiger partial charge in [-0.15, -0.1) is 0 Å². The second kappa shape index (κ2) is 5.66. The monoisotopic (exact) mass is 343 g/mol. The number of halogens is 4. The van der Waals surface area contributed by atoms with Crippen LogP contribution in [0.5, 0.6) is 0 Å². The van der Waals surface area contributed by atoms with E-state index in [1.165, 1.54) is 12.1 Å². The van der Waals surface area contributed by atoms with Gasteiger partial charge in [-0.3, -0.25) is 4.79 Å². The van der Waals surface area contributed by atoms with Gasteiger partial charge in [-0.05, 0) is 58.7 Å². The lowest BCUT2D eigenvalue weighted by Gasteiger charge is -2.10. The minimum absolute atomic E-state index is 0.165. The van der Waals surface area contributed by atoms with Crippen LogP contribution in [0.4, 0.5) is 18.9 Å². The first-order valence-corrected chi connectivity index (χ1v) is 6.40. The van der Waals surface area contributed by atoms with Gasteiger partial charge in [0, 0.05) is 5.69 Å². The molecule has 0 saturated carbocycles. The van der Waals surface area contributed by atoms with Crippen LogP contribution in [0.2, 0.25) is 0 Å². The molecule has 0 fully saturated rings. The molecule has 0 bridgehead atoms. The van der Waals surface area contributed by atoms with Crippen LogP contribution in [0.1, 0.15) is 15.9 Å². The van der Waals surface area contributed by atoms with Crippen molar-refractivity contribution in [3.05, 3.63) is 63.4 Å². The summed E-state index contributed by atoms with van der Waals surface area (Å²) >= 11 is 2.99. The van der Waals surface area contributed by atoms with Crippen molar-refractivity contribution >= 4 is 27.5 Å². The molecule has 6 heteroatoms. The molecule has 2 rings (SSSR count). The topological polar surface area (TPSA) is 29.1 Å². The van der Waals surface area contributed by atoms with Crippen molar-refractivity contribution in [2.24, 2.45) is 0 Å². The van der Waals surface area contributed by atoms with E-state index >= 15 is 0 Å². The normalized spacial score (nSPS) is 10.4. The average Bonchev–Trinajstić information content (AvgIpc) is 2.38. The number of anilines is 1. The molecule has 0 aliphatic carbocycles. The van der Waals surface area contributed by atoms with Gasteiger partial charge in [0.1, 0.15) is 17.5 Å². The highest BCUT2D eigenvalue weighted by Crippen LogP contribution is 2.25. The smallest absolute Gasteiger partial charge is 0.258 e. The molecule has 1 N–H and O–H groups in total. The summed E-state index contributed by atoms with van der Waals surface area (Å²) < 4.78 is 39.9. The first-order chi connectivity index (χ1) is 9.38. The van der Waals surface area contributed by atoms with Gasteiger partial charge in [-0.1, -0.05) is 0 Å². The number of carbonyl (C=O) groups excluding carboxylic acids is 1. The van der Waals surface area contributed by atoms with Crippen LogP contribution in [0.3, 0.4) is 0 Å². The molecule has 2 aromatic rings. The lowest BCUT2D eigenvalue weighted by molar-refractivity contribution is 0.102. The Morgan fingerprint density at radius 3 is 2.50 bits per heavy atom. The Morgan fingerprint density at radius 2 is 1.80 bits per heavy atom. The third-order valence-corrected chi connectivity index (χ3v) is 3.30. The molecule has 20 heavy (non-hydrogen) atoms. The molecule has 0 saturated heterocycles. The maximum absolute atomic E-state index is 13.5. The van der Waals surface area contributed by atoms with Crippen LogP contribution >= 0.6 is 15.9 Å². The Hall–Kier alpha value is -1.82. The number of benzene rings is 2. The van der Waals surface area contributed by atoms with Crippen LogP contribution in [0.25, 0.3) is 0 Å². The van der Waals surface area contributed by atoms with Crippen LogP contribution in [0.15, 0.2) is 34.8 Å². The van der Waals surface area contributed by atoms with Gasteiger partial charge in [0.05, 0.1) is 10.0 Å². The zero-order chi connectivity index (χ0) is 14.9. The van der Waals surface area contributed by atoms with Crippen molar-refractivity contribution in [1.29, 1.82) is 0 Å². The van der Waals surface area contributed by atoms with Crippen LogP contribution in [0, 0.1) is 24.4 Å². The van der Waals surface area contributed by atoms with Gasteiger partial charge >= 0.3 is 0 Å². The number of rotatable bonds is 2. The summed E-state index contributed by atoms with van der Waals surface area (Å²) in [5, 5.41) is 2.42. The first-order valence-electron chi connectivity index (χ1n) is 5.60. The summed E-state index contributed by atoms with van der Waals surface area (Å²) in [6.07, 6.45) is 0. The third-order valence-electron chi connectivity index (χ3n) is 2.69. The summed E-state index contributed by atoms with van der Waals surface area (Å²) in [6, 6.07) is 5.18. The predicted octanol–water partition coefficient (Wildman–Crippen LogP) is 4.43. The van der Waals surface area contributed by atoms with Gasteiger partial charge in [-0.25, -0.2) is 13.2 Å². The molecule has 1 amide bonds. The van der Waals surface area contributed by atoms with E-state index in [0.717, 1.165) is 18.2 Å². The standard InChI is InChI=1S/C14H9BrF3NO/c1-7-4-12(18)10(15)6-13(7)19-14(20)9-5-8(16)2-3-11(9)17/h2-6H,1H3,(H,19,20). The molecular weight excluding hydrogens is 335 g/mol. The van der Waals surface area contributed by atoms with E-state index in [4.69, 9.17) is 0 Å². The Kier molecular flexibility index (Phi) is 4.13. The zero-order valence-corrected chi connectivity index (χ0v) is 11.9. The molecule has 0 aromatic heterocycles. The van der Waals surface area contributed by atoms with Crippen molar-refractivity contribution in [3.8, 4) is 0 Å². The summed E-state index contributed by atoms with van der Waals surface area (Å²) in [4.78, 5) is 11.9. The number of amides is 1. The van der Waals surface area contributed by atoms with E-state index in [-0.39, 0.29) is 4.47 Å². The molecule has 0 atom stereocenters. The highest BCUT2D eigenvalue weighted by atomic mass is 79.9. The molecule has 0 radical (unpaired) electrons. The summed E-state index contributed by atoms with van der Waals surface area (Å²) in [6.45, 7) is 1.59. The van der Waals surface area contributed by atoms with E-state index < -0.39 is 28.9 Å². The van der Waals surface area contributed by atoms with Crippen LogP contribution in [-0.4, -0.2) is 5.91 Å². The first kappa shape index (κ1) is 14.6. The lowest BCUT2D eigenvalue weighted by Crippen LogP contribution is -2.15. The second-order valence-electron chi connectivity index (χ2n) is 4.16. The van der Waals surface area contributed by atoms with Crippen LogP contribution in [-0.2, 0) is 0 Å². The maximum atomic E-state index is 13.5. The van der Waals surface area contributed by atoms with Crippen molar-refractivity contribution in [2.75, 3.05) is 5.32 Å². The Morgan fingerprint density at radius 1 is 1.10 bits per heavy atom.